The van der Waals surface area contributed by atoms with Crippen molar-refractivity contribution in [1.29, 1.82) is 0 Å². The van der Waals surface area contributed by atoms with Crippen molar-refractivity contribution in [2.45, 2.75) is 52.1 Å². The third-order valence-electron chi connectivity index (χ3n) is 3.07. The van der Waals surface area contributed by atoms with Crippen LogP contribution in [0.15, 0.2) is 17.5 Å². The highest BCUT2D eigenvalue weighted by atomic mass is 32.1. The quantitative estimate of drug-likeness (QED) is 0.689. The Bertz CT molecular complexity index is 379. The predicted octanol–water partition coefficient (Wildman–Crippen LogP) is 3.30. The SMILES string of the molecule is CC(C)CC(NC(=O)NC(C)CCCO)c1cccs1. The van der Waals surface area contributed by atoms with E-state index in [0.29, 0.717) is 12.3 Å². The highest BCUT2D eigenvalue weighted by molar-refractivity contribution is 7.10. The Hall–Kier alpha value is -1.07. The van der Waals surface area contributed by atoms with E-state index in [1.807, 2.05) is 18.4 Å². The van der Waals surface area contributed by atoms with Crippen LogP contribution in [0.2, 0.25) is 0 Å². The topological polar surface area (TPSA) is 61.4 Å². The molecule has 1 rings (SSSR count). The molecule has 3 N–H and O–H groups in total. The van der Waals surface area contributed by atoms with Crippen LogP contribution in [0, 0.1) is 5.92 Å². The highest BCUT2D eigenvalue weighted by Crippen LogP contribution is 2.25. The molecule has 0 saturated heterocycles. The van der Waals surface area contributed by atoms with Crippen LogP contribution < -0.4 is 10.6 Å². The first-order valence-electron chi connectivity index (χ1n) is 7.24. The number of urea groups is 1. The number of aliphatic hydroxyl groups is 1. The lowest BCUT2D eigenvalue weighted by Gasteiger charge is -2.21. The Labute approximate surface area is 125 Å². The molecule has 0 aromatic carbocycles. The molecule has 2 atom stereocenters. The molecule has 114 valence electrons. The molecule has 0 aliphatic rings. The van der Waals surface area contributed by atoms with E-state index in [-0.39, 0.29) is 24.7 Å². The fraction of sp³-hybridized carbons (Fsp3) is 0.667. The van der Waals surface area contributed by atoms with Crippen molar-refractivity contribution in [2.75, 3.05) is 6.61 Å². The van der Waals surface area contributed by atoms with Gasteiger partial charge in [0.15, 0.2) is 0 Å². The number of hydrogen-bond acceptors (Lipinski definition) is 3. The van der Waals surface area contributed by atoms with Gasteiger partial charge in [-0.15, -0.1) is 11.3 Å². The molecule has 1 aromatic rings. The molecule has 5 heteroatoms. The molecule has 0 fully saturated rings. The molecule has 0 bridgehead atoms. The summed E-state index contributed by atoms with van der Waals surface area (Å²) in [5, 5.41) is 16.8. The molecule has 0 radical (unpaired) electrons. The van der Waals surface area contributed by atoms with E-state index in [1.165, 1.54) is 4.88 Å². The molecule has 1 heterocycles. The Morgan fingerprint density at radius 1 is 1.35 bits per heavy atom. The molecule has 0 aliphatic carbocycles. The summed E-state index contributed by atoms with van der Waals surface area (Å²) in [4.78, 5) is 13.2. The summed E-state index contributed by atoms with van der Waals surface area (Å²) in [6.07, 6.45) is 2.43. The molecular weight excluding hydrogens is 272 g/mol. The minimum atomic E-state index is -0.130. The van der Waals surface area contributed by atoms with Crippen LogP contribution in [0.4, 0.5) is 4.79 Å². The molecule has 0 saturated carbocycles. The normalized spacial score (nSPS) is 14.1. The maximum absolute atomic E-state index is 12.0. The molecule has 1 aromatic heterocycles. The number of aliphatic hydroxyl groups excluding tert-OH is 1. The fourth-order valence-corrected chi connectivity index (χ4v) is 2.89. The van der Waals surface area contributed by atoms with Crippen molar-refractivity contribution in [2.24, 2.45) is 5.92 Å². The van der Waals surface area contributed by atoms with Crippen molar-refractivity contribution in [3.63, 3.8) is 0 Å². The van der Waals surface area contributed by atoms with Crippen molar-refractivity contribution >= 4 is 17.4 Å². The summed E-state index contributed by atoms with van der Waals surface area (Å²) in [7, 11) is 0. The molecule has 2 unspecified atom stereocenters. The van der Waals surface area contributed by atoms with Gasteiger partial charge >= 0.3 is 6.03 Å². The van der Waals surface area contributed by atoms with Crippen molar-refractivity contribution < 1.29 is 9.90 Å². The summed E-state index contributed by atoms with van der Waals surface area (Å²) in [6, 6.07) is 4.09. The van der Waals surface area contributed by atoms with Gasteiger partial charge in [-0.25, -0.2) is 4.79 Å². The number of nitrogens with one attached hydrogen (secondary N) is 2. The lowest BCUT2D eigenvalue weighted by atomic mass is 10.0. The number of carbonyl (C=O) groups is 1. The van der Waals surface area contributed by atoms with Crippen molar-refractivity contribution in [3.05, 3.63) is 22.4 Å². The molecule has 2 amide bonds. The Kier molecular flexibility index (Phi) is 7.62. The standard InChI is InChI=1S/C15H26N2O2S/c1-11(2)10-13(14-7-5-9-20-14)17-15(19)16-12(3)6-4-8-18/h5,7,9,11-13,18H,4,6,8,10H2,1-3H3,(H2,16,17,19). The zero-order chi connectivity index (χ0) is 15.0. The maximum atomic E-state index is 12.0. The van der Waals surface area contributed by atoms with Crippen molar-refractivity contribution in [1.82, 2.24) is 10.6 Å². The van der Waals surface area contributed by atoms with Gasteiger partial charge in [-0.2, -0.15) is 0 Å². The van der Waals surface area contributed by atoms with Crippen LogP contribution in [-0.2, 0) is 0 Å². The van der Waals surface area contributed by atoms with Gasteiger partial charge in [0.2, 0.25) is 0 Å². The molecule has 0 spiro atoms. The van der Waals surface area contributed by atoms with E-state index in [0.717, 1.165) is 12.8 Å². The molecule has 20 heavy (non-hydrogen) atoms. The fourth-order valence-electron chi connectivity index (χ4n) is 2.10. The van der Waals surface area contributed by atoms with Crippen LogP contribution in [0.5, 0.6) is 0 Å². The average Bonchev–Trinajstić information content (AvgIpc) is 2.88. The Balaban J connectivity index is 2.50. The highest BCUT2D eigenvalue weighted by Gasteiger charge is 2.17. The lowest BCUT2D eigenvalue weighted by Crippen LogP contribution is -2.42. The van der Waals surface area contributed by atoms with E-state index in [9.17, 15) is 4.79 Å². The van der Waals surface area contributed by atoms with Crippen LogP contribution in [0.1, 0.15) is 51.0 Å². The van der Waals surface area contributed by atoms with Gasteiger partial charge in [0.25, 0.3) is 0 Å². The molecule has 0 aliphatic heterocycles. The van der Waals surface area contributed by atoms with Crippen LogP contribution in [0.25, 0.3) is 0 Å². The van der Waals surface area contributed by atoms with E-state index < -0.39 is 0 Å². The van der Waals surface area contributed by atoms with Gasteiger partial charge in [0, 0.05) is 17.5 Å². The molecular formula is C15H26N2O2S. The molecule has 4 nitrogen and oxygen atoms in total. The summed E-state index contributed by atoms with van der Waals surface area (Å²) in [5.41, 5.74) is 0. The maximum Gasteiger partial charge on any atom is 0.315 e. The second-order valence-electron chi connectivity index (χ2n) is 5.58. The Morgan fingerprint density at radius 3 is 2.65 bits per heavy atom. The van der Waals surface area contributed by atoms with E-state index >= 15 is 0 Å². The number of thiophene rings is 1. The summed E-state index contributed by atoms with van der Waals surface area (Å²) >= 11 is 1.67. The third kappa shape index (κ3) is 6.39. The van der Waals surface area contributed by atoms with Crippen LogP contribution in [0.3, 0.4) is 0 Å². The second-order valence-corrected chi connectivity index (χ2v) is 6.56. The third-order valence-corrected chi connectivity index (χ3v) is 4.06. The van der Waals surface area contributed by atoms with E-state index in [2.05, 4.69) is 30.5 Å². The number of carbonyl (C=O) groups excluding carboxylic acids is 1. The number of amides is 2. The first kappa shape index (κ1) is 17.0. The monoisotopic (exact) mass is 298 g/mol. The zero-order valence-corrected chi connectivity index (χ0v) is 13.4. The van der Waals surface area contributed by atoms with E-state index in [4.69, 9.17) is 5.11 Å². The predicted molar refractivity (Wildman–Crippen MR) is 84.0 cm³/mol. The summed E-state index contributed by atoms with van der Waals surface area (Å²) in [6.45, 7) is 6.44. The minimum absolute atomic E-state index is 0.0695. The smallest absolute Gasteiger partial charge is 0.315 e. The largest absolute Gasteiger partial charge is 0.396 e. The van der Waals surface area contributed by atoms with Gasteiger partial charge in [-0.05, 0) is 43.6 Å². The van der Waals surface area contributed by atoms with Crippen LogP contribution in [-0.4, -0.2) is 23.8 Å². The van der Waals surface area contributed by atoms with Crippen LogP contribution >= 0.6 is 11.3 Å². The van der Waals surface area contributed by atoms with Gasteiger partial charge in [-0.1, -0.05) is 19.9 Å². The average molecular weight is 298 g/mol. The second kappa shape index (κ2) is 8.97. The first-order chi connectivity index (χ1) is 9.52. The minimum Gasteiger partial charge on any atom is -0.396 e. The first-order valence-corrected chi connectivity index (χ1v) is 8.12. The van der Waals surface area contributed by atoms with Crippen molar-refractivity contribution in [3.8, 4) is 0 Å². The lowest BCUT2D eigenvalue weighted by molar-refractivity contribution is 0.229. The summed E-state index contributed by atoms with van der Waals surface area (Å²) < 4.78 is 0. The van der Waals surface area contributed by atoms with Gasteiger partial charge in [-0.3, -0.25) is 0 Å². The van der Waals surface area contributed by atoms with Gasteiger partial charge < -0.3 is 15.7 Å². The Morgan fingerprint density at radius 2 is 2.10 bits per heavy atom. The number of hydrogen-bond donors (Lipinski definition) is 3. The number of rotatable bonds is 8. The van der Waals surface area contributed by atoms with E-state index in [1.54, 1.807) is 11.3 Å². The van der Waals surface area contributed by atoms with Gasteiger partial charge in [0.1, 0.15) is 0 Å². The van der Waals surface area contributed by atoms with Gasteiger partial charge in [0.05, 0.1) is 6.04 Å². The zero-order valence-electron chi connectivity index (χ0n) is 12.6. The summed E-state index contributed by atoms with van der Waals surface area (Å²) in [5.74, 6) is 0.522.